The molecule has 1 aliphatic heterocycles. The van der Waals surface area contributed by atoms with Crippen LogP contribution in [0.2, 0.25) is 10.0 Å². The number of benzene rings is 3. The Morgan fingerprint density at radius 1 is 1.06 bits per heavy atom. The molecule has 0 aromatic heterocycles. The van der Waals surface area contributed by atoms with Crippen molar-refractivity contribution in [1.29, 1.82) is 5.26 Å². The van der Waals surface area contributed by atoms with E-state index >= 15 is 0 Å². The van der Waals surface area contributed by atoms with Crippen molar-refractivity contribution in [3.8, 4) is 6.07 Å². The van der Waals surface area contributed by atoms with Gasteiger partial charge in [-0.3, -0.25) is 9.69 Å². The third-order valence-electron chi connectivity index (χ3n) is 4.89. The molecule has 0 N–H and O–H groups in total. The van der Waals surface area contributed by atoms with E-state index in [4.69, 9.17) is 23.2 Å². The van der Waals surface area contributed by atoms with E-state index < -0.39 is 0 Å². The first-order chi connectivity index (χ1) is 15.5. The standard InChI is InChI=1S/C25H17Cl2N3OS/c1-16-9-11-20(12-10-16)30-24(31)22(13-17-7-4-8-21(26)23(17)27)29-25(30)32-15-19-6-3-2-5-18(19)14-28/h2-13H,15H2,1H3. The maximum absolute atomic E-state index is 13.3. The van der Waals surface area contributed by atoms with E-state index in [9.17, 15) is 10.1 Å². The largest absolute Gasteiger partial charge is 0.283 e. The van der Waals surface area contributed by atoms with Gasteiger partial charge in [-0.15, -0.1) is 0 Å². The van der Waals surface area contributed by atoms with Crippen molar-refractivity contribution < 1.29 is 4.79 Å². The number of nitriles is 1. The van der Waals surface area contributed by atoms with E-state index in [0.29, 0.717) is 32.1 Å². The summed E-state index contributed by atoms with van der Waals surface area (Å²) in [6.45, 7) is 1.99. The number of hydrogen-bond donors (Lipinski definition) is 0. The Labute approximate surface area is 200 Å². The van der Waals surface area contributed by atoms with E-state index in [1.165, 1.54) is 11.8 Å². The number of aliphatic imine (C=N–C) groups is 1. The van der Waals surface area contributed by atoms with Gasteiger partial charge in [0, 0.05) is 5.75 Å². The third-order valence-corrected chi connectivity index (χ3v) is 6.71. The van der Waals surface area contributed by atoms with Crippen LogP contribution in [0, 0.1) is 18.3 Å². The lowest BCUT2D eigenvalue weighted by Crippen LogP contribution is -2.30. The number of hydrogen-bond acceptors (Lipinski definition) is 4. The summed E-state index contributed by atoms with van der Waals surface area (Å²) in [4.78, 5) is 19.5. The molecule has 4 rings (SSSR count). The summed E-state index contributed by atoms with van der Waals surface area (Å²) in [6.07, 6.45) is 1.65. The van der Waals surface area contributed by atoms with Gasteiger partial charge in [-0.2, -0.15) is 5.26 Å². The smallest absolute Gasteiger partial charge is 0.266 e. The first-order valence-corrected chi connectivity index (χ1v) is 11.5. The third kappa shape index (κ3) is 4.58. The molecule has 3 aromatic rings. The Hall–Kier alpha value is -3.04. The van der Waals surface area contributed by atoms with Crippen molar-refractivity contribution in [2.24, 2.45) is 4.99 Å². The highest BCUT2D eigenvalue weighted by Gasteiger charge is 2.32. The van der Waals surface area contributed by atoms with Crippen LogP contribution in [0.1, 0.15) is 22.3 Å². The average molecular weight is 478 g/mol. The summed E-state index contributed by atoms with van der Waals surface area (Å²) in [5, 5.41) is 10.7. The molecule has 0 unspecified atom stereocenters. The Balaban J connectivity index is 1.71. The molecule has 0 saturated heterocycles. The molecule has 0 radical (unpaired) electrons. The number of amides is 1. The lowest BCUT2D eigenvalue weighted by atomic mass is 10.1. The van der Waals surface area contributed by atoms with Crippen LogP contribution < -0.4 is 4.90 Å². The van der Waals surface area contributed by atoms with E-state index in [2.05, 4.69) is 11.1 Å². The molecule has 4 nitrogen and oxygen atoms in total. The normalized spacial score (nSPS) is 14.6. The summed E-state index contributed by atoms with van der Waals surface area (Å²) < 4.78 is 0. The maximum Gasteiger partial charge on any atom is 0.283 e. The molecule has 0 fully saturated rings. The topological polar surface area (TPSA) is 56.5 Å². The molecule has 1 aliphatic rings. The highest BCUT2D eigenvalue weighted by atomic mass is 35.5. The van der Waals surface area contributed by atoms with Crippen LogP contribution in [0.15, 0.2) is 77.4 Å². The van der Waals surface area contributed by atoms with Gasteiger partial charge in [-0.1, -0.05) is 83.0 Å². The molecule has 7 heteroatoms. The first-order valence-electron chi connectivity index (χ1n) is 9.74. The quantitative estimate of drug-likeness (QED) is 0.386. The van der Waals surface area contributed by atoms with Crippen LogP contribution in [-0.4, -0.2) is 11.1 Å². The van der Waals surface area contributed by atoms with Crippen LogP contribution in [0.5, 0.6) is 0 Å². The molecule has 158 valence electrons. The highest BCUT2D eigenvalue weighted by molar-refractivity contribution is 8.13. The Morgan fingerprint density at radius 2 is 1.81 bits per heavy atom. The molecule has 0 aliphatic carbocycles. The van der Waals surface area contributed by atoms with Gasteiger partial charge in [0.05, 0.1) is 27.4 Å². The minimum atomic E-state index is -0.249. The van der Waals surface area contributed by atoms with Crippen molar-refractivity contribution in [2.75, 3.05) is 4.90 Å². The number of amidine groups is 1. The summed E-state index contributed by atoms with van der Waals surface area (Å²) in [5.74, 6) is 0.254. The molecule has 0 saturated carbocycles. The SMILES string of the molecule is Cc1ccc(N2C(=O)C(=Cc3cccc(Cl)c3Cl)N=C2SCc2ccccc2C#N)cc1. The molecular weight excluding hydrogens is 461 g/mol. The molecule has 0 spiro atoms. The number of halogens is 2. The van der Waals surface area contributed by atoms with E-state index in [1.54, 1.807) is 35.2 Å². The second-order valence-corrected chi connectivity index (χ2v) is 8.83. The van der Waals surface area contributed by atoms with Gasteiger partial charge in [0.25, 0.3) is 5.91 Å². The fourth-order valence-corrected chi connectivity index (χ4v) is 4.57. The van der Waals surface area contributed by atoms with Gasteiger partial charge in [0.2, 0.25) is 0 Å². The zero-order valence-corrected chi connectivity index (χ0v) is 19.4. The number of carbonyl (C=O) groups excluding carboxylic acids is 1. The molecule has 1 heterocycles. The number of thioether (sulfide) groups is 1. The molecule has 3 aromatic carbocycles. The Kier molecular flexibility index (Phi) is 6.66. The first kappa shape index (κ1) is 22.2. The maximum atomic E-state index is 13.3. The summed E-state index contributed by atoms with van der Waals surface area (Å²) in [5.41, 5.74) is 4.20. The van der Waals surface area contributed by atoms with Crippen LogP contribution in [0.3, 0.4) is 0 Å². The second-order valence-electron chi connectivity index (χ2n) is 7.10. The molecule has 1 amide bonds. The molecular formula is C25H17Cl2N3OS. The number of rotatable bonds is 4. The predicted octanol–water partition coefficient (Wildman–Crippen LogP) is 6.85. The molecule has 0 atom stereocenters. The predicted molar refractivity (Wildman–Crippen MR) is 133 cm³/mol. The van der Waals surface area contributed by atoms with Crippen molar-refractivity contribution in [1.82, 2.24) is 0 Å². The van der Waals surface area contributed by atoms with Gasteiger partial charge in [0.1, 0.15) is 5.70 Å². The monoisotopic (exact) mass is 477 g/mol. The zero-order chi connectivity index (χ0) is 22.7. The fraction of sp³-hybridized carbons (Fsp3) is 0.0800. The van der Waals surface area contributed by atoms with Gasteiger partial charge < -0.3 is 0 Å². The van der Waals surface area contributed by atoms with Crippen LogP contribution in [0.4, 0.5) is 5.69 Å². The van der Waals surface area contributed by atoms with Crippen LogP contribution in [0.25, 0.3) is 6.08 Å². The summed E-state index contributed by atoms with van der Waals surface area (Å²) in [7, 11) is 0. The van der Waals surface area contributed by atoms with Crippen LogP contribution in [-0.2, 0) is 10.5 Å². The fourth-order valence-electron chi connectivity index (χ4n) is 3.19. The second kappa shape index (κ2) is 9.62. The highest BCUT2D eigenvalue weighted by Crippen LogP contribution is 2.33. The van der Waals surface area contributed by atoms with E-state index in [-0.39, 0.29) is 11.6 Å². The minimum absolute atomic E-state index is 0.249. The Bertz CT molecular complexity index is 1290. The van der Waals surface area contributed by atoms with Gasteiger partial charge >= 0.3 is 0 Å². The van der Waals surface area contributed by atoms with Crippen molar-refractivity contribution >= 4 is 57.8 Å². The van der Waals surface area contributed by atoms with Gasteiger partial charge in [0.15, 0.2) is 5.17 Å². The Morgan fingerprint density at radius 3 is 2.56 bits per heavy atom. The van der Waals surface area contributed by atoms with E-state index in [0.717, 1.165) is 16.8 Å². The summed E-state index contributed by atoms with van der Waals surface area (Å²) in [6, 6.07) is 22.5. The average Bonchev–Trinajstić information content (AvgIpc) is 3.11. The van der Waals surface area contributed by atoms with Gasteiger partial charge in [-0.05, 0) is 48.4 Å². The van der Waals surface area contributed by atoms with Crippen molar-refractivity contribution in [3.05, 3.63) is 105 Å². The molecule has 0 bridgehead atoms. The van der Waals surface area contributed by atoms with Gasteiger partial charge in [-0.25, -0.2) is 4.99 Å². The zero-order valence-electron chi connectivity index (χ0n) is 17.0. The van der Waals surface area contributed by atoms with Crippen molar-refractivity contribution in [3.63, 3.8) is 0 Å². The van der Waals surface area contributed by atoms with Crippen molar-refractivity contribution in [2.45, 2.75) is 12.7 Å². The lowest BCUT2D eigenvalue weighted by molar-refractivity contribution is -0.113. The number of aryl methyl sites for hydroxylation is 1. The van der Waals surface area contributed by atoms with E-state index in [1.807, 2.05) is 49.4 Å². The lowest BCUT2D eigenvalue weighted by Gasteiger charge is -2.18. The number of anilines is 1. The summed E-state index contributed by atoms with van der Waals surface area (Å²) >= 11 is 13.8. The minimum Gasteiger partial charge on any atom is -0.266 e. The molecule has 32 heavy (non-hydrogen) atoms. The van der Waals surface area contributed by atoms with Crippen LogP contribution >= 0.6 is 35.0 Å². The number of carbonyl (C=O) groups is 1. The number of nitrogens with zero attached hydrogens (tertiary/aromatic N) is 3.